The number of carbonyl (C=O) groups excluding carboxylic acids is 1. The van der Waals surface area contributed by atoms with Crippen LogP contribution in [0.3, 0.4) is 0 Å². The summed E-state index contributed by atoms with van der Waals surface area (Å²) in [5.74, 6) is 0.769. The maximum absolute atomic E-state index is 11.9. The van der Waals surface area contributed by atoms with E-state index in [2.05, 4.69) is 10.6 Å². The summed E-state index contributed by atoms with van der Waals surface area (Å²) in [7, 11) is 1.67. The van der Waals surface area contributed by atoms with Crippen molar-refractivity contribution >= 4 is 5.91 Å². The van der Waals surface area contributed by atoms with E-state index in [1.807, 2.05) is 24.3 Å². The molecule has 0 fully saturated rings. The molecule has 1 unspecified atom stereocenters. The normalized spacial score (nSPS) is 16.8. The SMILES string of the molecule is COCCNCCNC(=O)C1Cc2ccccc2O1. The van der Waals surface area contributed by atoms with Crippen LogP contribution in [-0.4, -0.2) is 45.4 Å². The Labute approximate surface area is 113 Å². The fourth-order valence-electron chi connectivity index (χ4n) is 2.02. The van der Waals surface area contributed by atoms with Gasteiger partial charge in [0.25, 0.3) is 5.91 Å². The van der Waals surface area contributed by atoms with Gasteiger partial charge in [-0.3, -0.25) is 4.79 Å². The van der Waals surface area contributed by atoms with Gasteiger partial charge in [0, 0.05) is 33.2 Å². The Balaban J connectivity index is 1.66. The van der Waals surface area contributed by atoms with Crippen LogP contribution in [0.5, 0.6) is 5.75 Å². The summed E-state index contributed by atoms with van der Waals surface area (Å²) in [6.07, 6.45) is 0.260. The number of amides is 1. The van der Waals surface area contributed by atoms with E-state index in [0.717, 1.165) is 24.4 Å². The minimum Gasteiger partial charge on any atom is -0.480 e. The molecule has 0 spiro atoms. The number of rotatable bonds is 7. The van der Waals surface area contributed by atoms with Crippen LogP contribution in [0.15, 0.2) is 24.3 Å². The van der Waals surface area contributed by atoms with Gasteiger partial charge >= 0.3 is 0 Å². The highest BCUT2D eigenvalue weighted by molar-refractivity contribution is 5.82. The number of carbonyl (C=O) groups is 1. The molecule has 0 saturated heterocycles. The number of para-hydroxylation sites is 1. The minimum absolute atomic E-state index is 0.0512. The van der Waals surface area contributed by atoms with E-state index < -0.39 is 6.10 Å². The van der Waals surface area contributed by atoms with Crippen molar-refractivity contribution < 1.29 is 14.3 Å². The lowest BCUT2D eigenvalue weighted by molar-refractivity contribution is -0.127. The van der Waals surface area contributed by atoms with Gasteiger partial charge in [-0.25, -0.2) is 0 Å². The summed E-state index contributed by atoms with van der Waals surface area (Å²) >= 11 is 0. The molecule has 2 rings (SSSR count). The van der Waals surface area contributed by atoms with Crippen molar-refractivity contribution in [3.8, 4) is 5.75 Å². The van der Waals surface area contributed by atoms with Crippen molar-refractivity contribution in [2.45, 2.75) is 12.5 Å². The molecule has 1 amide bonds. The molecule has 1 heterocycles. The van der Waals surface area contributed by atoms with Crippen molar-refractivity contribution in [1.29, 1.82) is 0 Å². The van der Waals surface area contributed by atoms with Crippen molar-refractivity contribution in [3.05, 3.63) is 29.8 Å². The van der Waals surface area contributed by atoms with E-state index in [1.165, 1.54) is 0 Å². The third-order valence-corrected chi connectivity index (χ3v) is 3.02. The van der Waals surface area contributed by atoms with Crippen LogP contribution in [0.25, 0.3) is 0 Å². The number of methoxy groups -OCH3 is 1. The summed E-state index contributed by atoms with van der Waals surface area (Å²) in [4.78, 5) is 11.9. The highest BCUT2D eigenvalue weighted by Crippen LogP contribution is 2.27. The van der Waals surface area contributed by atoms with Crippen LogP contribution in [0.2, 0.25) is 0 Å². The Morgan fingerprint density at radius 1 is 1.37 bits per heavy atom. The van der Waals surface area contributed by atoms with Gasteiger partial charge in [-0.15, -0.1) is 0 Å². The predicted octanol–water partition coefficient (Wildman–Crippen LogP) is 0.342. The van der Waals surface area contributed by atoms with Crippen LogP contribution in [0, 0.1) is 0 Å². The Morgan fingerprint density at radius 2 is 2.21 bits per heavy atom. The van der Waals surface area contributed by atoms with E-state index in [1.54, 1.807) is 7.11 Å². The van der Waals surface area contributed by atoms with E-state index in [0.29, 0.717) is 19.6 Å². The molecule has 19 heavy (non-hydrogen) atoms. The molecule has 5 nitrogen and oxygen atoms in total. The van der Waals surface area contributed by atoms with Gasteiger partial charge in [0.2, 0.25) is 0 Å². The van der Waals surface area contributed by atoms with Gasteiger partial charge in [-0.1, -0.05) is 18.2 Å². The molecule has 1 aliphatic heterocycles. The second-order valence-corrected chi connectivity index (χ2v) is 4.45. The highest BCUT2D eigenvalue weighted by Gasteiger charge is 2.28. The second-order valence-electron chi connectivity index (χ2n) is 4.45. The molecule has 0 radical (unpaired) electrons. The van der Waals surface area contributed by atoms with Gasteiger partial charge in [-0.2, -0.15) is 0 Å². The zero-order valence-electron chi connectivity index (χ0n) is 11.1. The first kappa shape index (κ1) is 13.8. The molecule has 0 saturated carbocycles. The summed E-state index contributed by atoms with van der Waals surface area (Å²) in [6.45, 7) is 2.79. The molecule has 0 aliphatic carbocycles. The Hall–Kier alpha value is -1.59. The molecule has 104 valence electrons. The van der Waals surface area contributed by atoms with Crippen LogP contribution >= 0.6 is 0 Å². The topological polar surface area (TPSA) is 59.6 Å². The predicted molar refractivity (Wildman–Crippen MR) is 72.3 cm³/mol. The van der Waals surface area contributed by atoms with Gasteiger partial charge in [0.05, 0.1) is 6.61 Å². The molecule has 1 atom stereocenters. The molecule has 1 aromatic carbocycles. The monoisotopic (exact) mass is 264 g/mol. The lowest BCUT2D eigenvalue weighted by atomic mass is 10.1. The molecule has 1 aliphatic rings. The zero-order chi connectivity index (χ0) is 13.5. The van der Waals surface area contributed by atoms with E-state index in [9.17, 15) is 4.79 Å². The molecule has 1 aromatic rings. The number of hydrogen-bond donors (Lipinski definition) is 2. The fourth-order valence-corrected chi connectivity index (χ4v) is 2.02. The van der Waals surface area contributed by atoms with Gasteiger partial charge in [0.15, 0.2) is 6.10 Å². The minimum atomic E-state index is -0.392. The Morgan fingerprint density at radius 3 is 3.00 bits per heavy atom. The van der Waals surface area contributed by atoms with Gasteiger partial charge < -0.3 is 20.1 Å². The summed E-state index contributed by atoms with van der Waals surface area (Å²) in [5.41, 5.74) is 1.10. The third kappa shape index (κ3) is 3.94. The highest BCUT2D eigenvalue weighted by atomic mass is 16.5. The van der Waals surface area contributed by atoms with E-state index >= 15 is 0 Å². The summed E-state index contributed by atoms with van der Waals surface area (Å²) in [6, 6.07) is 7.77. The van der Waals surface area contributed by atoms with Crippen LogP contribution in [0.4, 0.5) is 0 Å². The zero-order valence-corrected chi connectivity index (χ0v) is 11.1. The van der Waals surface area contributed by atoms with Crippen LogP contribution < -0.4 is 15.4 Å². The Bertz CT molecular complexity index is 398. The maximum Gasteiger partial charge on any atom is 0.261 e. The number of hydrogen-bond acceptors (Lipinski definition) is 4. The quantitative estimate of drug-likeness (QED) is 0.697. The smallest absolute Gasteiger partial charge is 0.261 e. The first-order valence-corrected chi connectivity index (χ1v) is 6.53. The van der Waals surface area contributed by atoms with Crippen molar-refractivity contribution in [2.75, 3.05) is 33.4 Å². The molecule has 0 bridgehead atoms. The first-order chi connectivity index (χ1) is 9.31. The van der Waals surface area contributed by atoms with Crippen molar-refractivity contribution in [3.63, 3.8) is 0 Å². The third-order valence-electron chi connectivity index (χ3n) is 3.02. The lowest BCUT2D eigenvalue weighted by Crippen LogP contribution is -2.40. The average Bonchev–Trinajstić information content (AvgIpc) is 2.86. The molecule has 0 aromatic heterocycles. The number of ether oxygens (including phenoxy) is 2. The Kier molecular flexibility index (Phi) is 5.18. The number of benzene rings is 1. The van der Waals surface area contributed by atoms with Crippen molar-refractivity contribution in [1.82, 2.24) is 10.6 Å². The summed E-state index contributed by atoms with van der Waals surface area (Å²) in [5, 5.41) is 6.04. The standard InChI is InChI=1S/C14H20N2O3/c1-18-9-8-15-6-7-16-14(17)13-10-11-4-2-3-5-12(11)19-13/h2-5,13,15H,6-10H2,1H3,(H,16,17). The number of nitrogens with one attached hydrogen (secondary N) is 2. The van der Waals surface area contributed by atoms with E-state index in [4.69, 9.17) is 9.47 Å². The number of fused-ring (bicyclic) bond motifs is 1. The molecule has 2 N–H and O–H groups in total. The fraction of sp³-hybridized carbons (Fsp3) is 0.500. The molecular formula is C14H20N2O3. The second kappa shape index (κ2) is 7.11. The lowest BCUT2D eigenvalue weighted by Gasteiger charge is -2.11. The van der Waals surface area contributed by atoms with E-state index in [-0.39, 0.29) is 5.91 Å². The van der Waals surface area contributed by atoms with Crippen LogP contribution in [-0.2, 0) is 16.0 Å². The van der Waals surface area contributed by atoms with Gasteiger partial charge in [0.1, 0.15) is 5.75 Å². The first-order valence-electron chi connectivity index (χ1n) is 6.53. The van der Waals surface area contributed by atoms with Crippen molar-refractivity contribution in [2.24, 2.45) is 0 Å². The van der Waals surface area contributed by atoms with Crippen LogP contribution in [0.1, 0.15) is 5.56 Å². The summed E-state index contributed by atoms with van der Waals surface area (Å²) < 4.78 is 10.5. The molecule has 5 heteroatoms. The largest absolute Gasteiger partial charge is 0.480 e. The van der Waals surface area contributed by atoms with Gasteiger partial charge in [-0.05, 0) is 11.6 Å². The average molecular weight is 264 g/mol. The molecular weight excluding hydrogens is 244 g/mol. The maximum atomic E-state index is 11.9.